The van der Waals surface area contributed by atoms with E-state index in [-0.39, 0.29) is 40.1 Å². The van der Waals surface area contributed by atoms with Gasteiger partial charge in [-0.2, -0.15) is 52.7 Å². The summed E-state index contributed by atoms with van der Waals surface area (Å²) in [5, 5.41) is 0.233. The molecule has 0 amide bonds. The summed E-state index contributed by atoms with van der Waals surface area (Å²) in [7, 11) is -4.37. The minimum atomic E-state index is -5.34. The first-order valence-electron chi connectivity index (χ1n) is 17.2. The molecule has 0 nitrogen and oxygen atoms in total. The Balaban J connectivity index is 0.00000119. The Hall–Kier alpha value is -3.88. The molecule has 0 fully saturated rings. The van der Waals surface area contributed by atoms with Crippen LogP contribution < -0.4 is 26.5 Å². The molecule has 0 aromatic heterocycles. The topological polar surface area (TPSA) is 0 Å². The third-order valence-corrected chi connectivity index (χ3v) is 13.9. The van der Waals surface area contributed by atoms with Gasteiger partial charge in [-0.1, -0.05) is 65.6 Å². The van der Waals surface area contributed by atoms with Crippen molar-refractivity contribution in [2.24, 2.45) is 0 Å². The number of benzene rings is 4. The Morgan fingerprint density at radius 3 is 1.14 bits per heavy atom. The van der Waals surface area contributed by atoms with Crippen LogP contribution in [0.1, 0.15) is 62.7 Å². The molecule has 0 aliphatic rings. The molecule has 0 radical (unpaired) electrons. The van der Waals surface area contributed by atoms with Gasteiger partial charge in [-0.3, -0.25) is 5.56 Å². The maximum atomic E-state index is 14.1. The van der Waals surface area contributed by atoms with E-state index in [0.29, 0.717) is 24.3 Å². The summed E-state index contributed by atoms with van der Waals surface area (Å²) in [5.74, 6) is 0. The van der Waals surface area contributed by atoms with E-state index < -0.39 is 79.1 Å². The SMILES string of the molecule is Cc1cc(C)cc(P(c2cc(C)cc(C)c2)[C@H](C)c2[c-]cc[c-]2P(c2cc(C(F)(F)F)cc(C(F)(F)F)c2)c2cc(C(F)(F)F)cc(C(F)(F)F)c2)c1.[Fe+2].[c-]1[c-][c-][cH-][c-]1. The van der Waals surface area contributed by atoms with Crippen LogP contribution in [0.3, 0.4) is 0 Å². The van der Waals surface area contributed by atoms with Crippen molar-refractivity contribution in [2.75, 3.05) is 0 Å². The fraction of sp³-hybridized carbons (Fsp3) is 0.227. The van der Waals surface area contributed by atoms with Gasteiger partial charge in [0.2, 0.25) is 0 Å². The molecule has 314 valence electrons. The first-order chi connectivity index (χ1) is 26.8. The van der Waals surface area contributed by atoms with Crippen molar-refractivity contribution in [3.63, 3.8) is 0 Å². The van der Waals surface area contributed by atoms with Gasteiger partial charge in [0.05, 0.1) is 22.3 Å². The van der Waals surface area contributed by atoms with Crippen molar-refractivity contribution >= 4 is 42.4 Å². The Labute approximate surface area is 347 Å². The maximum absolute atomic E-state index is 14.1. The van der Waals surface area contributed by atoms with Crippen LogP contribution in [0.15, 0.2) is 91.0 Å². The molecule has 6 aromatic carbocycles. The predicted molar refractivity (Wildman–Crippen MR) is 203 cm³/mol. The zero-order valence-corrected chi connectivity index (χ0v) is 34.4. The number of aryl methyl sites for hydroxylation is 4. The van der Waals surface area contributed by atoms with E-state index in [9.17, 15) is 52.7 Å². The number of alkyl halides is 12. The smallest absolute Gasteiger partial charge is 0.999 e. The normalized spacial score (nSPS) is 12.9. The summed E-state index contributed by atoms with van der Waals surface area (Å²) in [5.41, 5.74) is -3.76. The van der Waals surface area contributed by atoms with Gasteiger partial charge in [-0.25, -0.2) is 0 Å². The quantitative estimate of drug-likeness (QED) is 0.0648. The fourth-order valence-corrected chi connectivity index (χ4v) is 12.3. The van der Waals surface area contributed by atoms with Crippen molar-refractivity contribution < 1.29 is 69.8 Å². The number of hydrogen-bond donors (Lipinski definition) is 0. The van der Waals surface area contributed by atoms with Crippen LogP contribution in [0.2, 0.25) is 0 Å². The summed E-state index contributed by atoms with van der Waals surface area (Å²) >= 11 is 0. The maximum Gasteiger partial charge on any atom is 2.00 e. The third-order valence-electron chi connectivity index (χ3n) is 8.78. The summed E-state index contributed by atoms with van der Waals surface area (Å²) < 4.78 is 170. The van der Waals surface area contributed by atoms with E-state index in [2.05, 4.69) is 30.3 Å². The molecule has 0 bridgehead atoms. The van der Waals surface area contributed by atoms with E-state index in [4.69, 9.17) is 0 Å². The molecule has 0 aliphatic carbocycles. The average Bonchev–Trinajstić information content (AvgIpc) is 3.83. The van der Waals surface area contributed by atoms with Crippen molar-refractivity contribution in [1.82, 2.24) is 0 Å². The van der Waals surface area contributed by atoms with Gasteiger partial charge in [-0.05, 0) is 98.9 Å². The van der Waals surface area contributed by atoms with Crippen molar-refractivity contribution in [1.29, 1.82) is 0 Å². The molecule has 6 rings (SSSR count). The standard InChI is InChI=1S/C39H30F12P2.C5H.Fe/c1-21-9-22(2)12-30(11-21)52(31-13-23(3)10-24(4)14-31)25(5)34-7-6-8-35(34)53(32-17-26(36(40,41)42)15-27(18-32)37(43,44)45)33-19-28(38(46,47)48)16-29(20-33)39(49,50)51;1-2-4-5-3-1;/h6,8-20,25H,1-5H3;1H;/q-2;-5;+2/t25-;;/m1../s1. The van der Waals surface area contributed by atoms with Gasteiger partial charge >= 0.3 is 41.8 Å². The predicted octanol–water partition coefficient (Wildman–Crippen LogP) is 12.1. The molecule has 0 N–H and O–H groups in total. The second kappa shape index (κ2) is 18.4. The van der Waals surface area contributed by atoms with Crippen LogP contribution >= 0.6 is 15.8 Å². The molecule has 0 unspecified atom stereocenters. The molecule has 0 saturated carbocycles. The molecular formula is C44H31F12FeP2-5. The summed E-state index contributed by atoms with van der Waals surface area (Å²) in [4.78, 5) is 0. The van der Waals surface area contributed by atoms with Gasteiger partial charge in [0.1, 0.15) is 0 Å². The zero-order valence-electron chi connectivity index (χ0n) is 31.5. The number of hydrogen-bond acceptors (Lipinski definition) is 0. The molecule has 0 spiro atoms. The van der Waals surface area contributed by atoms with Crippen LogP contribution in [-0.2, 0) is 41.8 Å². The van der Waals surface area contributed by atoms with Crippen molar-refractivity contribution in [3.05, 3.63) is 171 Å². The Morgan fingerprint density at radius 1 is 0.508 bits per heavy atom. The number of halogens is 12. The van der Waals surface area contributed by atoms with Gasteiger partial charge < -0.3 is 53.8 Å². The van der Waals surface area contributed by atoms with Crippen molar-refractivity contribution in [3.8, 4) is 0 Å². The van der Waals surface area contributed by atoms with Gasteiger partial charge in [0, 0.05) is 0 Å². The Bertz CT molecular complexity index is 2080. The van der Waals surface area contributed by atoms with Crippen LogP contribution in [0, 0.1) is 58.0 Å². The Morgan fingerprint density at radius 2 is 0.847 bits per heavy atom. The Kier molecular flexibility index (Phi) is 14.9. The zero-order chi connectivity index (χ0) is 43.0. The van der Waals surface area contributed by atoms with Gasteiger partial charge in [0.15, 0.2) is 0 Å². The van der Waals surface area contributed by atoms with Crippen LogP contribution in [-0.4, -0.2) is 0 Å². The fourth-order valence-electron chi connectivity index (χ4n) is 6.55. The second-order valence-corrected chi connectivity index (χ2v) is 18.3. The molecular weight excluding hydrogens is 874 g/mol. The first-order valence-corrected chi connectivity index (χ1v) is 19.9. The van der Waals surface area contributed by atoms with Crippen molar-refractivity contribution in [2.45, 2.75) is 65.0 Å². The molecule has 59 heavy (non-hydrogen) atoms. The van der Waals surface area contributed by atoms with E-state index in [1.165, 1.54) is 12.1 Å². The molecule has 0 aliphatic heterocycles. The van der Waals surface area contributed by atoms with Crippen LogP contribution in [0.5, 0.6) is 0 Å². The molecule has 0 saturated heterocycles. The van der Waals surface area contributed by atoms with E-state index in [1.54, 1.807) is 13.0 Å². The second-order valence-electron chi connectivity index (χ2n) is 13.6. The van der Waals surface area contributed by atoms with Crippen LogP contribution in [0.4, 0.5) is 52.7 Å². The minimum absolute atomic E-state index is 0. The largest absolute Gasteiger partial charge is 2.00 e. The van der Waals surface area contributed by atoms with E-state index in [1.807, 2.05) is 64.1 Å². The van der Waals surface area contributed by atoms with Gasteiger partial charge in [0.25, 0.3) is 0 Å². The molecule has 6 aromatic rings. The first kappa shape index (κ1) is 47.8. The average molecular weight is 906 g/mol. The molecule has 15 heteroatoms. The monoisotopic (exact) mass is 905 g/mol. The molecule has 1 atom stereocenters. The summed E-state index contributed by atoms with van der Waals surface area (Å²) in [6, 6.07) is 30.5. The van der Waals surface area contributed by atoms with E-state index in [0.717, 1.165) is 32.9 Å². The molecule has 0 heterocycles. The summed E-state index contributed by atoms with van der Waals surface area (Å²) in [6.45, 7) is 9.30. The number of rotatable bonds is 7. The third kappa shape index (κ3) is 11.9. The van der Waals surface area contributed by atoms with E-state index >= 15 is 0 Å². The minimum Gasteiger partial charge on any atom is -0.999 e. The van der Waals surface area contributed by atoms with Gasteiger partial charge in [-0.15, -0.1) is 7.92 Å². The summed E-state index contributed by atoms with van der Waals surface area (Å²) in [6.07, 6.45) is -21.3. The van der Waals surface area contributed by atoms with Crippen LogP contribution in [0.25, 0.3) is 0 Å².